The first-order valence-corrected chi connectivity index (χ1v) is 8.45. The van der Waals surface area contributed by atoms with E-state index < -0.39 is 18.5 Å². The zero-order valence-electron chi connectivity index (χ0n) is 13.6. The van der Waals surface area contributed by atoms with Gasteiger partial charge >= 0.3 is 5.97 Å². The van der Waals surface area contributed by atoms with Gasteiger partial charge < -0.3 is 15.4 Å². The fourth-order valence-electron chi connectivity index (χ4n) is 1.97. The Morgan fingerprint density at radius 2 is 1.58 bits per heavy atom. The summed E-state index contributed by atoms with van der Waals surface area (Å²) in [6, 6.07) is 13.7. The van der Waals surface area contributed by atoms with Gasteiger partial charge in [0.15, 0.2) is 6.61 Å². The third kappa shape index (κ3) is 6.38. The van der Waals surface area contributed by atoms with Gasteiger partial charge in [0.25, 0.3) is 5.91 Å². The lowest BCUT2D eigenvalue weighted by atomic mass is 10.2. The van der Waals surface area contributed by atoms with Crippen molar-refractivity contribution in [3.05, 3.63) is 58.6 Å². The molecule has 0 saturated heterocycles. The molecule has 0 spiro atoms. The maximum Gasteiger partial charge on any atom is 0.306 e. The molecule has 0 unspecified atom stereocenters. The van der Waals surface area contributed by atoms with Gasteiger partial charge in [0.1, 0.15) is 0 Å². The number of anilines is 2. The predicted molar refractivity (Wildman–Crippen MR) is 100 cm³/mol. The first-order valence-electron chi connectivity index (χ1n) is 7.70. The molecule has 0 aliphatic rings. The van der Waals surface area contributed by atoms with Crippen LogP contribution in [0.5, 0.6) is 0 Å². The summed E-state index contributed by atoms with van der Waals surface area (Å²) in [7, 11) is 0. The molecule has 2 N–H and O–H groups in total. The molecule has 0 fully saturated rings. The Bertz CT molecular complexity index is 797. The smallest absolute Gasteiger partial charge is 0.306 e. The Hall–Kier alpha value is -2.57. The maximum absolute atomic E-state index is 11.8. The molecule has 6 nitrogen and oxygen atoms in total. The van der Waals surface area contributed by atoms with Gasteiger partial charge in [-0.05, 0) is 24.3 Å². The van der Waals surface area contributed by atoms with Crippen molar-refractivity contribution in [2.45, 2.75) is 12.8 Å². The van der Waals surface area contributed by atoms with Crippen molar-refractivity contribution in [2.75, 3.05) is 17.2 Å². The second-order valence-corrected chi connectivity index (χ2v) is 6.01. The molecule has 0 heterocycles. The number of ether oxygens (including phenoxy) is 1. The summed E-state index contributed by atoms with van der Waals surface area (Å²) >= 11 is 11.8. The van der Waals surface area contributed by atoms with Crippen LogP contribution < -0.4 is 10.6 Å². The first-order chi connectivity index (χ1) is 12.5. The SMILES string of the molecule is O=C(CCC(=O)OCC(=O)Nc1cccc(Cl)c1Cl)Nc1ccccc1. The molecule has 0 aliphatic carbocycles. The van der Waals surface area contributed by atoms with Crippen molar-refractivity contribution in [3.8, 4) is 0 Å². The van der Waals surface area contributed by atoms with E-state index in [1.165, 1.54) is 0 Å². The van der Waals surface area contributed by atoms with Crippen molar-refractivity contribution in [2.24, 2.45) is 0 Å². The fraction of sp³-hybridized carbons (Fsp3) is 0.167. The van der Waals surface area contributed by atoms with E-state index in [0.29, 0.717) is 16.4 Å². The lowest BCUT2D eigenvalue weighted by Gasteiger charge is -2.09. The fourth-order valence-corrected chi connectivity index (χ4v) is 2.31. The Labute approximate surface area is 160 Å². The molecule has 0 saturated carbocycles. The summed E-state index contributed by atoms with van der Waals surface area (Å²) in [6.07, 6.45) is -0.181. The molecule has 2 amide bonds. The minimum Gasteiger partial charge on any atom is -0.456 e. The van der Waals surface area contributed by atoms with E-state index in [0.717, 1.165) is 0 Å². The number of rotatable bonds is 7. The van der Waals surface area contributed by atoms with Gasteiger partial charge in [-0.25, -0.2) is 0 Å². The van der Waals surface area contributed by atoms with Crippen LogP contribution in [0.4, 0.5) is 11.4 Å². The topological polar surface area (TPSA) is 84.5 Å². The number of carbonyl (C=O) groups excluding carboxylic acids is 3. The van der Waals surface area contributed by atoms with Crippen LogP contribution in [0.2, 0.25) is 10.0 Å². The third-order valence-electron chi connectivity index (χ3n) is 3.20. The van der Waals surface area contributed by atoms with Gasteiger partial charge in [-0.15, -0.1) is 0 Å². The highest BCUT2D eigenvalue weighted by Crippen LogP contribution is 2.29. The quantitative estimate of drug-likeness (QED) is 0.697. The average molecular weight is 395 g/mol. The zero-order valence-corrected chi connectivity index (χ0v) is 15.1. The van der Waals surface area contributed by atoms with Crippen LogP contribution in [-0.4, -0.2) is 24.4 Å². The monoisotopic (exact) mass is 394 g/mol. The molecule has 26 heavy (non-hydrogen) atoms. The Morgan fingerprint density at radius 1 is 0.846 bits per heavy atom. The van der Waals surface area contributed by atoms with Gasteiger partial charge in [0.05, 0.1) is 22.2 Å². The van der Waals surface area contributed by atoms with Gasteiger partial charge in [0.2, 0.25) is 5.91 Å². The Balaban J connectivity index is 1.70. The normalized spacial score (nSPS) is 10.1. The van der Waals surface area contributed by atoms with E-state index in [4.69, 9.17) is 27.9 Å². The van der Waals surface area contributed by atoms with Crippen LogP contribution in [0.1, 0.15) is 12.8 Å². The van der Waals surface area contributed by atoms with E-state index >= 15 is 0 Å². The predicted octanol–water partition coefficient (Wildman–Crippen LogP) is 3.89. The lowest BCUT2D eigenvalue weighted by Crippen LogP contribution is -2.22. The van der Waals surface area contributed by atoms with Gasteiger partial charge in [-0.1, -0.05) is 47.5 Å². The number of para-hydroxylation sites is 1. The number of hydrogen-bond acceptors (Lipinski definition) is 4. The van der Waals surface area contributed by atoms with Gasteiger partial charge in [0, 0.05) is 12.1 Å². The van der Waals surface area contributed by atoms with Crippen LogP contribution in [-0.2, 0) is 19.1 Å². The number of hydrogen-bond donors (Lipinski definition) is 2. The Morgan fingerprint density at radius 3 is 2.31 bits per heavy atom. The summed E-state index contributed by atoms with van der Waals surface area (Å²) in [5.41, 5.74) is 0.964. The van der Waals surface area contributed by atoms with Crippen LogP contribution in [0.3, 0.4) is 0 Å². The van der Waals surface area contributed by atoms with Gasteiger partial charge in [-0.2, -0.15) is 0 Å². The summed E-state index contributed by atoms with van der Waals surface area (Å²) in [5, 5.41) is 5.64. The number of nitrogens with one attached hydrogen (secondary N) is 2. The maximum atomic E-state index is 11.8. The van der Waals surface area contributed by atoms with E-state index in [1.807, 2.05) is 6.07 Å². The second kappa shape index (κ2) is 9.79. The van der Waals surface area contributed by atoms with Crippen molar-refractivity contribution in [1.29, 1.82) is 0 Å². The summed E-state index contributed by atoms with van der Waals surface area (Å²) in [4.78, 5) is 35.2. The van der Waals surface area contributed by atoms with Gasteiger partial charge in [-0.3, -0.25) is 14.4 Å². The zero-order chi connectivity index (χ0) is 18.9. The van der Waals surface area contributed by atoms with E-state index in [-0.39, 0.29) is 23.8 Å². The molecule has 0 aliphatic heterocycles. The standard InChI is InChI=1S/C18H16Cl2N2O4/c19-13-7-4-8-14(18(13)20)22-16(24)11-26-17(25)10-9-15(23)21-12-5-2-1-3-6-12/h1-8H,9-11H2,(H,21,23)(H,22,24). The van der Waals surface area contributed by atoms with Crippen molar-refractivity contribution < 1.29 is 19.1 Å². The molecular weight excluding hydrogens is 379 g/mol. The Kier molecular flexibility index (Phi) is 7.44. The third-order valence-corrected chi connectivity index (χ3v) is 4.02. The highest BCUT2D eigenvalue weighted by atomic mass is 35.5. The number of esters is 1. The molecule has 2 rings (SSSR count). The molecule has 0 atom stereocenters. The average Bonchev–Trinajstić information content (AvgIpc) is 2.63. The molecule has 0 bridgehead atoms. The van der Waals surface area contributed by atoms with E-state index in [9.17, 15) is 14.4 Å². The first kappa shape index (κ1) is 19.8. The summed E-state index contributed by atoms with van der Waals surface area (Å²) < 4.78 is 4.84. The number of amides is 2. The molecule has 8 heteroatoms. The number of carbonyl (C=O) groups is 3. The van der Waals surface area contributed by atoms with E-state index in [1.54, 1.807) is 42.5 Å². The lowest BCUT2D eigenvalue weighted by molar-refractivity contribution is -0.147. The largest absolute Gasteiger partial charge is 0.456 e. The highest BCUT2D eigenvalue weighted by Gasteiger charge is 2.12. The highest BCUT2D eigenvalue weighted by molar-refractivity contribution is 6.44. The van der Waals surface area contributed by atoms with E-state index in [2.05, 4.69) is 10.6 Å². The van der Waals surface area contributed by atoms with Crippen molar-refractivity contribution in [1.82, 2.24) is 0 Å². The molecule has 2 aromatic carbocycles. The summed E-state index contributed by atoms with van der Waals surface area (Å²) in [6.45, 7) is -0.484. The minimum atomic E-state index is -0.652. The molecular formula is C18H16Cl2N2O4. The molecule has 2 aromatic rings. The van der Waals surface area contributed by atoms with Crippen LogP contribution in [0.15, 0.2) is 48.5 Å². The number of halogens is 2. The van der Waals surface area contributed by atoms with Crippen LogP contribution >= 0.6 is 23.2 Å². The minimum absolute atomic E-state index is 0.0462. The summed E-state index contributed by atoms with van der Waals surface area (Å²) in [5.74, 6) is -1.53. The van der Waals surface area contributed by atoms with Crippen LogP contribution in [0, 0.1) is 0 Å². The van der Waals surface area contributed by atoms with Crippen molar-refractivity contribution in [3.63, 3.8) is 0 Å². The molecule has 0 radical (unpaired) electrons. The second-order valence-electron chi connectivity index (χ2n) is 5.22. The molecule has 0 aromatic heterocycles. The van der Waals surface area contributed by atoms with Crippen LogP contribution in [0.25, 0.3) is 0 Å². The molecule has 136 valence electrons. The number of benzene rings is 2. The van der Waals surface area contributed by atoms with Crippen molar-refractivity contribution >= 4 is 52.4 Å².